The molecular formula is C14H17F2NO. The van der Waals surface area contributed by atoms with Crippen molar-refractivity contribution in [3.63, 3.8) is 0 Å². The fraction of sp³-hybridized carbons (Fsp3) is 0.500. The van der Waals surface area contributed by atoms with Crippen molar-refractivity contribution in [3.8, 4) is 0 Å². The third-order valence-corrected chi connectivity index (χ3v) is 3.52. The molecule has 18 heavy (non-hydrogen) atoms. The Morgan fingerprint density at radius 1 is 1.28 bits per heavy atom. The molecule has 0 bridgehead atoms. The average Bonchev–Trinajstić information content (AvgIpc) is 2.69. The second-order valence-corrected chi connectivity index (χ2v) is 5.17. The molecule has 2 rings (SSSR count). The van der Waals surface area contributed by atoms with Crippen molar-refractivity contribution >= 4 is 5.91 Å². The van der Waals surface area contributed by atoms with Gasteiger partial charge in [0.1, 0.15) is 11.6 Å². The second-order valence-electron chi connectivity index (χ2n) is 5.17. The van der Waals surface area contributed by atoms with Gasteiger partial charge in [-0.1, -0.05) is 6.92 Å². The van der Waals surface area contributed by atoms with Gasteiger partial charge in [-0.15, -0.1) is 0 Å². The van der Waals surface area contributed by atoms with Crippen LogP contribution in [0.4, 0.5) is 8.78 Å². The lowest BCUT2D eigenvalue weighted by atomic mass is 10.1. The number of hydrogen-bond donors (Lipinski definition) is 1. The molecule has 0 radical (unpaired) electrons. The van der Waals surface area contributed by atoms with Gasteiger partial charge in [-0.05, 0) is 43.7 Å². The Bertz CT molecular complexity index is 473. The summed E-state index contributed by atoms with van der Waals surface area (Å²) in [6.07, 6.45) is 2.93. The Kier molecular flexibility index (Phi) is 3.64. The predicted octanol–water partition coefficient (Wildman–Crippen LogP) is 3.19. The third-order valence-electron chi connectivity index (χ3n) is 3.52. The maximum absolute atomic E-state index is 13.5. The molecule has 4 heteroatoms. The van der Waals surface area contributed by atoms with Crippen molar-refractivity contribution in [2.24, 2.45) is 5.92 Å². The first-order chi connectivity index (χ1) is 8.47. The van der Waals surface area contributed by atoms with Crippen molar-refractivity contribution < 1.29 is 13.6 Å². The molecule has 0 spiro atoms. The lowest BCUT2D eigenvalue weighted by Crippen LogP contribution is -2.33. The van der Waals surface area contributed by atoms with Crippen LogP contribution in [0.1, 0.15) is 42.1 Å². The van der Waals surface area contributed by atoms with Crippen LogP contribution in [0.5, 0.6) is 0 Å². The summed E-state index contributed by atoms with van der Waals surface area (Å²) in [5.41, 5.74) is 0.204. The van der Waals surface area contributed by atoms with E-state index in [-0.39, 0.29) is 17.2 Å². The van der Waals surface area contributed by atoms with Crippen molar-refractivity contribution in [1.29, 1.82) is 0 Å². The van der Waals surface area contributed by atoms with Crippen LogP contribution < -0.4 is 5.32 Å². The first-order valence-electron chi connectivity index (χ1n) is 6.24. The smallest absolute Gasteiger partial charge is 0.254 e. The van der Waals surface area contributed by atoms with E-state index in [0.29, 0.717) is 5.92 Å². The number of rotatable bonds is 2. The molecule has 2 unspecified atom stereocenters. The molecule has 1 aromatic rings. The zero-order chi connectivity index (χ0) is 13.3. The molecule has 0 saturated heterocycles. The van der Waals surface area contributed by atoms with E-state index < -0.39 is 17.5 Å². The molecule has 0 aromatic heterocycles. The minimum atomic E-state index is -0.804. The summed E-state index contributed by atoms with van der Waals surface area (Å²) in [6, 6.07) is 2.14. The predicted molar refractivity (Wildman–Crippen MR) is 65.4 cm³/mol. The molecule has 1 aliphatic carbocycles. The van der Waals surface area contributed by atoms with Crippen LogP contribution in [0.25, 0.3) is 0 Å². The number of amides is 1. The van der Waals surface area contributed by atoms with E-state index in [1.54, 1.807) is 0 Å². The number of aryl methyl sites for hydroxylation is 1. The average molecular weight is 253 g/mol. The third kappa shape index (κ3) is 2.68. The number of benzene rings is 1. The van der Waals surface area contributed by atoms with Crippen LogP contribution in [0.15, 0.2) is 12.1 Å². The fourth-order valence-corrected chi connectivity index (χ4v) is 2.43. The summed E-state index contributed by atoms with van der Waals surface area (Å²) in [5.74, 6) is -1.29. The van der Waals surface area contributed by atoms with Gasteiger partial charge < -0.3 is 5.32 Å². The Labute approximate surface area is 105 Å². The lowest BCUT2D eigenvalue weighted by molar-refractivity contribution is 0.0933. The highest BCUT2D eigenvalue weighted by molar-refractivity contribution is 5.94. The molecule has 1 fully saturated rings. The first kappa shape index (κ1) is 13.0. The SMILES string of the molecule is Cc1cc(C(=O)NC2CCC(C)C2)c(F)cc1F. The van der Waals surface area contributed by atoms with Gasteiger partial charge in [0, 0.05) is 12.1 Å². The highest BCUT2D eigenvalue weighted by Crippen LogP contribution is 2.25. The topological polar surface area (TPSA) is 29.1 Å². The van der Waals surface area contributed by atoms with Crippen LogP contribution in [0.2, 0.25) is 0 Å². The van der Waals surface area contributed by atoms with Gasteiger partial charge in [-0.2, -0.15) is 0 Å². The standard InChI is InChI=1S/C14H17F2NO/c1-8-3-4-10(5-8)17-14(18)11-6-9(2)12(15)7-13(11)16/h6-8,10H,3-5H2,1-2H3,(H,17,18). The van der Waals surface area contributed by atoms with Crippen LogP contribution >= 0.6 is 0 Å². The summed E-state index contributed by atoms with van der Waals surface area (Å²) in [5, 5.41) is 2.81. The van der Waals surface area contributed by atoms with Crippen LogP contribution in [-0.2, 0) is 0 Å². The largest absolute Gasteiger partial charge is 0.349 e. The summed E-state index contributed by atoms with van der Waals surface area (Å²) >= 11 is 0. The molecule has 1 amide bonds. The van der Waals surface area contributed by atoms with Crippen LogP contribution in [0.3, 0.4) is 0 Å². The zero-order valence-electron chi connectivity index (χ0n) is 10.6. The molecule has 0 heterocycles. The number of hydrogen-bond acceptors (Lipinski definition) is 1. The van der Waals surface area contributed by atoms with Crippen LogP contribution in [-0.4, -0.2) is 11.9 Å². The van der Waals surface area contributed by atoms with Gasteiger partial charge in [0.25, 0.3) is 5.91 Å². The minimum absolute atomic E-state index is 0.0755. The van der Waals surface area contributed by atoms with Crippen molar-refractivity contribution in [3.05, 3.63) is 34.9 Å². The quantitative estimate of drug-likeness (QED) is 0.861. The molecule has 2 atom stereocenters. The Morgan fingerprint density at radius 3 is 2.61 bits per heavy atom. The molecule has 0 aliphatic heterocycles. The highest BCUT2D eigenvalue weighted by Gasteiger charge is 2.24. The summed E-state index contributed by atoms with van der Waals surface area (Å²) in [6.45, 7) is 3.65. The van der Waals surface area contributed by atoms with Crippen molar-refractivity contribution in [1.82, 2.24) is 5.32 Å². The molecule has 1 N–H and O–H groups in total. The molecule has 1 saturated carbocycles. The number of nitrogens with one attached hydrogen (secondary N) is 1. The van der Waals surface area contributed by atoms with Gasteiger partial charge in [0.05, 0.1) is 5.56 Å². The van der Waals surface area contributed by atoms with E-state index in [4.69, 9.17) is 0 Å². The molecule has 1 aliphatic rings. The highest BCUT2D eigenvalue weighted by atomic mass is 19.1. The van der Waals surface area contributed by atoms with Gasteiger partial charge in [-0.25, -0.2) is 8.78 Å². The minimum Gasteiger partial charge on any atom is -0.349 e. The van der Waals surface area contributed by atoms with E-state index in [0.717, 1.165) is 25.3 Å². The van der Waals surface area contributed by atoms with Gasteiger partial charge >= 0.3 is 0 Å². The van der Waals surface area contributed by atoms with Gasteiger partial charge in [0.15, 0.2) is 0 Å². The molecule has 1 aromatic carbocycles. The molecular weight excluding hydrogens is 236 g/mol. The van der Waals surface area contributed by atoms with Crippen LogP contribution in [0, 0.1) is 24.5 Å². The summed E-state index contributed by atoms with van der Waals surface area (Å²) < 4.78 is 26.6. The molecule has 98 valence electrons. The van der Waals surface area contributed by atoms with E-state index in [1.807, 2.05) is 0 Å². The van der Waals surface area contributed by atoms with Gasteiger partial charge in [-0.3, -0.25) is 4.79 Å². The van der Waals surface area contributed by atoms with E-state index in [9.17, 15) is 13.6 Å². The fourth-order valence-electron chi connectivity index (χ4n) is 2.43. The zero-order valence-corrected chi connectivity index (χ0v) is 10.6. The maximum atomic E-state index is 13.5. The number of carbonyl (C=O) groups excluding carboxylic acids is 1. The van der Waals surface area contributed by atoms with E-state index in [1.165, 1.54) is 13.0 Å². The van der Waals surface area contributed by atoms with Gasteiger partial charge in [0.2, 0.25) is 0 Å². The first-order valence-corrected chi connectivity index (χ1v) is 6.24. The Morgan fingerprint density at radius 2 is 2.00 bits per heavy atom. The van der Waals surface area contributed by atoms with E-state index >= 15 is 0 Å². The Hall–Kier alpha value is -1.45. The van der Waals surface area contributed by atoms with Crippen molar-refractivity contribution in [2.45, 2.75) is 39.2 Å². The Balaban J connectivity index is 2.11. The second kappa shape index (κ2) is 5.04. The number of carbonyl (C=O) groups is 1. The normalized spacial score (nSPS) is 23.1. The lowest BCUT2D eigenvalue weighted by Gasteiger charge is -2.13. The summed E-state index contributed by atoms with van der Waals surface area (Å²) in [7, 11) is 0. The van der Waals surface area contributed by atoms with Crippen molar-refractivity contribution in [2.75, 3.05) is 0 Å². The maximum Gasteiger partial charge on any atom is 0.254 e. The molecule has 2 nitrogen and oxygen atoms in total. The summed E-state index contributed by atoms with van der Waals surface area (Å²) in [4.78, 5) is 11.9. The number of halogens is 2. The monoisotopic (exact) mass is 253 g/mol. The van der Waals surface area contributed by atoms with E-state index in [2.05, 4.69) is 12.2 Å².